The monoisotopic (exact) mass is 610 g/mol. The summed E-state index contributed by atoms with van der Waals surface area (Å²) >= 11 is 1.45. The van der Waals surface area contributed by atoms with Crippen molar-refractivity contribution in [3.8, 4) is 0 Å². The molecule has 0 heterocycles. The van der Waals surface area contributed by atoms with Gasteiger partial charge in [0.2, 0.25) is 0 Å². The zero-order valence-corrected chi connectivity index (χ0v) is 27.6. The van der Waals surface area contributed by atoms with Crippen LogP contribution in [0.2, 0.25) is 0 Å². The number of thioether (sulfide) groups is 1. The number of aldehydes is 1. The number of carbonyl (C=O) groups excluding carboxylic acids is 4. The highest BCUT2D eigenvalue weighted by Gasteiger charge is 2.64. The average molecular weight is 611 g/mol. The van der Waals surface area contributed by atoms with Crippen molar-refractivity contribution in [3.05, 3.63) is 30.3 Å². The topological polar surface area (TPSA) is 86.7 Å². The molecule has 10 atom stereocenters. The highest BCUT2D eigenvalue weighted by Crippen LogP contribution is 2.67. The quantitative estimate of drug-likeness (QED) is 0.171. The van der Waals surface area contributed by atoms with Gasteiger partial charge >= 0.3 is 11.9 Å². The van der Waals surface area contributed by atoms with Crippen LogP contribution in [-0.2, 0) is 28.7 Å². The van der Waals surface area contributed by atoms with Crippen molar-refractivity contribution >= 4 is 35.8 Å². The molecule has 4 aliphatic rings. The molecule has 7 heteroatoms. The minimum absolute atomic E-state index is 0.00688. The second kappa shape index (κ2) is 12.3. The first-order valence-electron chi connectivity index (χ1n) is 16.4. The fraction of sp³-hybridized carbons (Fsp3) is 0.722. The molecule has 0 aromatic heterocycles. The van der Waals surface area contributed by atoms with Crippen LogP contribution in [0.15, 0.2) is 35.2 Å². The van der Waals surface area contributed by atoms with E-state index >= 15 is 0 Å². The fourth-order valence-electron chi connectivity index (χ4n) is 9.78. The molecule has 0 amide bonds. The minimum Gasteiger partial charge on any atom is -0.463 e. The number of esters is 2. The Balaban J connectivity index is 1.36. The standard InChI is InChI=1S/C36H50O6S/c1-22(38)41-25-16-17-35(5)24(19-25)12-13-27-29-15-14-28(36(29,6)32(39)20-30(27)35)23(21-37)18-31(33(40)42-34(2,3)4)43-26-10-8-7-9-11-26/h7-11,21,23-25,27-31H,12-20H2,1-6H3. The van der Waals surface area contributed by atoms with Gasteiger partial charge in [-0.05, 0) is 119 Å². The van der Waals surface area contributed by atoms with Crippen molar-refractivity contribution in [1.82, 2.24) is 0 Å². The van der Waals surface area contributed by atoms with E-state index in [4.69, 9.17) is 9.47 Å². The first-order chi connectivity index (χ1) is 20.3. The molecule has 1 aromatic rings. The highest BCUT2D eigenvalue weighted by molar-refractivity contribution is 8.00. The van der Waals surface area contributed by atoms with Gasteiger partial charge in [-0.2, -0.15) is 0 Å². The van der Waals surface area contributed by atoms with Gasteiger partial charge in [-0.3, -0.25) is 14.4 Å². The van der Waals surface area contributed by atoms with E-state index in [9.17, 15) is 19.2 Å². The summed E-state index contributed by atoms with van der Waals surface area (Å²) < 4.78 is 11.4. The number of hydrogen-bond acceptors (Lipinski definition) is 7. The van der Waals surface area contributed by atoms with E-state index in [1.165, 1.54) is 18.7 Å². The first-order valence-corrected chi connectivity index (χ1v) is 17.2. The van der Waals surface area contributed by atoms with Crippen LogP contribution in [0.1, 0.15) is 99.3 Å². The van der Waals surface area contributed by atoms with Gasteiger partial charge in [0.15, 0.2) is 0 Å². The molecule has 43 heavy (non-hydrogen) atoms. The lowest BCUT2D eigenvalue weighted by atomic mass is 9.44. The van der Waals surface area contributed by atoms with E-state index in [1.54, 1.807) is 0 Å². The second-order valence-corrected chi connectivity index (χ2v) is 16.5. The van der Waals surface area contributed by atoms with Crippen molar-refractivity contribution in [3.63, 3.8) is 0 Å². The molecule has 0 radical (unpaired) electrons. The SMILES string of the molecule is CC(=O)OC1CCC2(C)C(CCC3C2CC(=O)C2(C)C(C(C=O)CC(Sc4ccccc4)C(=O)OC(C)(C)C)CCC32)C1. The Bertz CT molecular complexity index is 1210. The molecule has 0 spiro atoms. The van der Waals surface area contributed by atoms with E-state index < -0.39 is 22.2 Å². The molecule has 4 saturated carbocycles. The Morgan fingerprint density at radius 3 is 2.42 bits per heavy atom. The number of rotatable bonds is 8. The molecular formula is C36H50O6S. The molecule has 6 nitrogen and oxygen atoms in total. The maximum absolute atomic E-state index is 14.3. The molecule has 5 rings (SSSR count). The lowest BCUT2D eigenvalue weighted by molar-refractivity contribution is -0.167. The van der Waals surface area contributed by atoms with Crippen LogP contribution in [0.5, 0.6) is 0 Å². The summed E-state index contributed by atoms with van der Waals surface area (Å²) in [5, 5.41) is -0.535. The van der Waals surface area contributed by atoms with Crippen LogP contribution in [0.4, 0.5) is 0 Å². The van der Waals surface area contributed by atoms with Gasteiger partial charge in [-0.1, -0.05) is 32.0 Å². The maximum Gasteiger partial charge on any atom is 0.319 e. The van der Waals surface area contributed by atoms with Gasteiger partial charge < -0.3 is 14.3 Å². The zero-order chi connectivity index (χ0) is 31.2. The summed E-state index contributed by atoms with van der Waals surface area (Å²) in [6.45, 7) is 11.6. The van der Waals surface area contributed by atoms with E-state index in [0.29, 0.717) is 36.4 Å². The summed E-state index contributed by atoms with van der Waals surface area (Å²) in [5.41, 5.74) is -1.11. The van der Waals surface area contributed by atoms with Crippen LogP contribution in [0, 0.1) is 46.3 Å². The van der Waals surface area contributed by atoms with Crippen molar-refractivity contribution in [2.45, 2.75) is 121 Å². The van der Waals surface area contributed by atoms with Crippen LogP contribution < -0.4 is 0 Å². The summed E-state index contributed by atoms with van der Waals surface area (Å²) in [4.78, 5) is 53.2. The third kappa shape index (κ3) is 6.35. The molecule has 0 saturated heterocycles. The third-order valence-corrected chi connectivity index (χ3v) is 13.0. The number of hydrogen-bond donors (Lipinski definition) is 0. The summed E-state index contributed by atoms with van der Waals surface area (Å²) in [6, 6.07) is 9.80. The van der Waals surface area contributed by atoms with Crippen molar-refractivity contribution in [2.24, 2.45) is 46.3 Å². The van der Waals surface area contributed by atoms with Crippen LogP contribution in [-0.4, -0.2) is 41.0 Å². The summed E-state index contributed by atoms with van der Waals surface area (Å²) in [5.74, 6) is 0.859. The average Bonchev–Trinajstić information content (AvgIpc) is 3.29. The molecule has 4 aliphatic carbocycles. The zero-order valence-electron chi connectivity index (χ0n) is 26.8. The first kappa shape index (κ1) is 32.2. The second-order valence-electron chi connectivity index (χ2n) is 15.2. The normalized spacial score (nSPS) is 36.8. The van der Waals surface area contributed by atoms with Crippen molar-refractivity contribution in [2.75, 3.05) is 0 Å². The number of carbonyl (C=O) groups is 4. The smallest absolute Gasteiger partial charge is 0.319 e. The van der Waals surface area contributed by atoms with Crippen LogP contribution in [0.25, 0.3) is 0 Å². The molecular weight excluding hydrogens is 560 g/mol. The molecule has 0 bridgehead atoms. The van der Waals surface area contributed by atoms with Gasteiger partial charge in [0.25, 0.3) is 0 Å². The van der Waals surface area contributed by atoms with Gasteiger partial charge in [-0.25, -0.2) is 0 Å². The molecule has 236 valence electrons. The van der Waals surface area contributed by atoms with Gasteiger partial charge in [-0.15, -0.1) is 11.8 Å². The number of fused-ring (bicyclic) bond motifs is 5. The maximum atomic E-state index is 14.3. The number of Topliss-reactive ketones (excluding diaryl/α,β-unsaturated/α-hetero) is 1. The minimum atomic E-state index is -0.631. The Hall–Kier alpha value is -2.15. The molecule has 10 unspecified atom stereocenters. The molecule has 0 N–H and O–H groups in total. The van der Waals surface area contributed by atoms with Gasteiger partial charge in [0.05, 0.1) is 0 Å². The lowest BCUT2D eigenvalue weighted by Gasteiger charge is -2.60. The molecule has 4 fully saturated rings. The Kier molecular flexibility index (Phi) is 9.25. The van der Waals surface area contributed by atoms with E-state index in [1.807, 2.05) is 51.1 Å². The Morgan fingerprint density at radius 2 is 1.77 bits per heavy atom. The van der Waals surface area contributed by atoms with E-state index in [0.717, 1.165) is 56.1 Å². The number of ketones is 1. The fourth-order valence-corrected chi connectivity index (χ4v) is 10.9. The van der Waals surface area contributed by atoms with Crippen molar-refractivity contribution < 1.29 is 28.7 Å². The number of benzene rings is 1. The van der Waals surface area contributed by atoms with E-state index in [-0.39, 0.29) is 35.3 Å². The number of ether oxygens (including phenoxy) is 2. The van der Waals surface area contributed by atoms with Gasteiger partial charge in [0, 0.05) is 29.6 Å². The van der Waals surface area contributed by atoms with Crippen LogP contribution >= 0.6 is 11.8 Å². The van der Waals surface area contributed by atoms with Crippen LogP contribution in [0.3, 0.4) is 0 Å². The van der Waals surface area contributed by atoms with Gasteiger partial charge in [0.1, 0.15) is 29.0 Å². The Labute approximate surface area is 261 Å². The largest absolute Gasteiger partial charge is 0.463 e. The highest BCUT2D eigenvalue weighted by atomic mass is 32.2. The molecule has 0 aliphatic heterocycles. The Morgan fingerprint density at radius 1 is 1.05 bits per heavy atom. The predicted molar refractivity (Wildman–Crippen MR) is 167 cm³/mol. The predicted octanol–water partition coefficient (Wildman–Crippen LogP) is 7.46. The van der Waals surface area contributed by atoms with E-state index in [2.05, 4.69) is 13.8 Å². The summed E-state index contributed by atoms with van der Waals surface area (Å²) in [7, 11) is 0. The third-order valence-electron chi connectivity index (χ3n) is 11.8. The van der Waals surface area contributed by atoms with Crippen molar-refractivity contribution in [1.29, 1.82) is 0 Å². The lowest BCUT2D eigenvalue weighted by Crippen LogP contribution is -2.57. The molecule has 1 aromatic carbocycles. The summed E-state index contributed by atoms with van der Waals surface area (Å²) in [6.07, 6.45) is 8.69.